The molecule has 6 heteroatoms. The van der Waals surface area contributed by atoms with Crippen LogP contribution in [-0.4, -0.2) is 22.8 Å². The van der Waals surface area contributed by atoms with E-state index in [1.165, 1.54) is 12.1 Å². The van der Waals surface area contributed by atoms with Crippen molar-refractivity contribution >= 4 is 5.91 Å². The van der Waals surface area contributed by atoms with E-state index in [4.69, 9.17) is 4.74 Å². The summed E-state index contributed by atoms with van der Waals surface area (Å²) in [7, 11) is 1.62. The van der Waals surface area contributed by atoms with E-state index >= 15 is 0 Å². The summed E-state index contributed by atoms with van der Waals surface area (Å²) in [5.74, 6) is 0.148. The molecule has 0 saturated heterocycles. The average molecular weight is 353 g/mol. The van der Waals surface area contributed by atoms with Gasteiger partial charge in [0.25, 0.3) is 5.91 Å². The molecule has 0 atom stereocenters. The largest absolute Gasteiger partial charge is 0.497 e. The number of halogens is 1. The standard InChI is InChI=1S/C20H20FN3O2/c1-3-24-19(15-7-9-17(26-2)10-8-15)12-18(23-24)20(25)22-13-14-5-4-6-16(21)11-14/h4-12H,3,13H2,1-2H3,(H,22,25). The Hall–Kier alpha value is -3.15. The van der Waals surface area contributed by atoms with Crippen molar-refractivity contribution in [2.24, 2.45) is 0 Å². The van der Waals surface area contributed by atoms with Crippen LogP contribution in [0.2, 0.25) is 0 Å². The first kappa shape index (κ1) is 17.7. The topological polar surface area (TPSA) is 56.2 Å². The normalized spacial score (nSPS) is 10.6. The van der Waals surface area contributed by atoms with Gasteiger partial charge in [-0.3, -0.25) is 9.48 Å². The molecule has 0 saturated carbocycles. The molecule has 0 aliphatic heterocycles. The van der Waals surface area contributed by atoms with Crippen molar-refractivity contribution in [2.75, 3.05) is 7.11 Å². The van der Waals surface area contributed by atoms with Crippen LogP contribution in [0.4, 0.5) is 4.39 Å². The molecule has 0 spiro atoms. The van der Waals surface area contributed by atoms with Crippen LogP contribution >= 0.6 is 0 Å². The maximum Gasteiger partial charge on any atom is 0.272 e. The van der Waals surface area contributed by atoms with Gasteiger partial charge in [-0.05, 0) is 55.0 Å². The number of hydrogen-bond acceptors (Lipinski definition) is 3. The molecule has 0 aliphatic carbocycles. The number of aryl methyl sites for hydroxylation is 1. The summed E-state index contributed by atoms with van der Waals surface area (Å²) in [5, 5.41) is 7.15. The first-order chi connectivity index (χ1) is 12.6. The predicted molar refractivity (Wildman–Crippen MR) is 97.5 cm³/mol. The molecule has 134 valence electrons. The fourth-order valence-corrected chi connectivity index (χ4v) is 2.68. The molecule has 1 aromatic heterocycles. The summed E-state index contributed by atoms with van der Waals surface area (Å²) in [5.41, 5.74) is 2.83. The van der Waals surface area contributed by atoms with E-state index < -0.39 is 0 Å². The van der Waals surface area contributed by atoms with Crippen LogP contribution in [0, 0.1) is 5.82 Å². The number of carbonyl (C=O) groups is 1. The molecule has 1 heterocycles. The number of ether oxygens (including phenoxy) is 1. The summed E-state index contributed by atoms with van der Waals surface area (Å²) in [6.07, 6.45) is 0. The van der Waals surface area contributed by atoms with Gasteiger partial charge in [-0.1, -0.05) is 12.1 Å². The van der Waals surface area contributed by atoms with Gasteiger partial charge in [0, 0.05) is 18.7 Å². The van der Waals surface area contributed by atoms with Crippen LogP contribution in [0.3, 0.4) is 0 Å². The summed E-state index contributed by atoms with van der Waals surface area (Å²) >= 11 is 0. The number of hydrogen-bond donors (Lipinski definition) is 1. The molecule has 0 bridgehead atoms. The van der Waals surface area contributed by atoms with Crippen molar-refractivity contribution in [3.8, 4) is 17.0 Å². The van der Waals surface area contributed by atoms with Crippen molar-refractivity contribution in [1.82, 2.24) is 15.1 Å². The van der Waals surface area contributed by atoms with Crippen LogP contribution in [0.1, 0.15) is 23.0 Å². The molecule has 2 aromatic carbocycles. The molecule has 0 unspecified atom stereocenters. The van der Waals surface area contributed by atoms with Crippen molar-refractivity contribution in [3.63, 3.8) is 0 Å². The smallest absolute Gasteiger partial charge is 0.272 e. The lowest BCUT2D eigenvalue weighted by Crippen LogP contribution is -2.23. The van der Waals surface area contributed by atoms with Gasteiger partial charge in [0.05, 0.1) is 12.8 Å². The third kappa shape index (κ3) is 3.91. The zero-order valence-electron chi connectivity index (χ0n) is 14.7. The van der Waals surface area contributed by atoms with E-state index in [0.29, 0.717) is 17.8 Å². The molecule has 1 N–H and O–H groups in total. The SMILES string of the molecule is CCn1nc(C(=O)NCc2cccc(F)c2)cc1-c1ccc(OC)cc1. The lowest BCUT2D eigenvalue weighted by molar-refractivity contribution is 0.0945. The Kier molecular flexibility index (Phi) is 5.31. The summed E-state index contributed by atoms with van der Waals surface area (Å²) in [6, 6.07) is 15.5. The van der Waals surface area contributed by atoms with Crippen LogP contribution < -0.4 is 10.1 Å². The minimum atomic E-state index is -0.325. The molecule has 5 nitrogen and oxygen atoms in total. The Balaban J connectivity index is 1.77. The number of carbonyl (C=O) groups excluding carboxylic acids is 1. The third-order valence-electron chi connectivity index (χ3n) is 4.04. The fraction of sp³-hybridized carbons (Fsp3) is 0.200. The number of nitrogens with one attached hydrogen (secondary N) is 1. The van der Waals surface area contributed by atoms with Crippen molar-refractivity contribution < 1.29 is 13.9 Å². The molecule has 3 rings (SSSR count). The van der Waals surface area contributed by atoms with E-state index in [9.17, 15) is 9.18 Å². The molecule has 0 fully saturated rings. The minimum Gasteiger partial charge on any atom is -0.497 e. The number of aromatic nitrogens is 2. The maximum absolute atomic E-state index is 13.2. The van der Waals surface area contributed by atoms with Crippen molar-refractivity contribution in [1.29, 1.82) is 0 Å². The van der Waals surface area contributed by atoms with Gasteiger partial charge >= 0.3 is 0 Å². The lowest BCUT2D eigenvalue weighted by Gasteiger charge is -2.05. The van der Waals surface area contributed by atoms with Crippen molar-refractivity contribution in [2.45, 2.75) is 20.0 Å². The van der Waals surface area contributed by atoms with Gasteiger partial charge in [0.2, 0.25) is 0 Å². The zero-order valence-corrected chi connectivity index (χ0v) is 14.7. The molecular formula is C20H20FN3O2. The highest BCUT2D eigenvalue weighted by Gasteiger charge is 2.15. The maximum atomic E-state index is 13.2. The number of nitrogens with zero attached hydrogens (tertiary/aromatic N) is 2. The highest BCUT2D eigenvalue weighted by molar-refractivity contribution is 5.93. The van der Waals surface area contributed by atoms with Crippen molar-refractivity contribution in [3.05, 3.63) is 71.7 Å². The van der Waals surface area contributed by atoms with Gasteiger partial charge in [-0.25, -0.2) is 4.39 Å². The summed E-state index contributed by atoms with van der Waals surface area (Å²) in [6.45, 7) is 2.85. The van der Waals surface area contributed by atoms with Crippen LogP contribution in [0.15, 0.2) is 54.6 Å². The minimum absolute atomic E-state index is 0.243. The van der Waals surface area contributed by atoms with Gasteiger partial charge < -0.3 is 10.1 Å². The number of benzene rings is 2. The molecule has 3 aromatic rings. The second-order valence-electron chi connectivity index (χ2n) is 5.77. The summed E-state index contributed by atoms with van der Waals surface area (Å²) in [4.78, 5) is 12.4. The first-order valence-electron chi connectivity index (χ1n) is 8.35. The van der Waals surface area contributed by atoms with E-state index in [1.807, 2.05) is 31.2 Å². The summed E-state index contributed by atoms with van der Waals surface area (Å²) < 4.78 is 20.2. The van der Waals surface area contributed by atoms with Crippen LogP contribution in [-0.2, 0) is 13.1 Å². The number of rotatable bonds is 6. The van der Waals surface area contributed by atoms with Gasteiger partial charge in [0.1, 0.15) is 11.6 Å². The molecule has 0 aliphatic rings. The average Bonchev–Trinajstić information content (AvgIpc) is 3.11. The predicted octanol–water partition coefficient (Wildman–Crippen LogP) is 3.65. The quantitative estimate of drug-likeness (QED) is 0.736. The Morgan fingerprint density at radius 3 is 2.62 bits per heavy atom. The first-order valence-corrected chi connectivity index (χ1v) is 8.35. The van der Waals surface area contributed by atoms with E-state index in [0.717, 1.165) is 17.0 Å². The van der Waals surface area contributed by atoms with Crippen LogP contribution in [0.25, 0.3) is 11.3 Å². The number of methoxy groups -OCH3 is 1. The fourth-order valence-electron chi connectivity index (χ4n) is 2.68. The highest BCUT2D eigenvalue weighted by atomic mass is 19.1. The molecular weight excluding hydrogens is 333 g/mol. The second kappa shape index (κ2) is 7.82. The van der Waals surface area contributed by atoms with Gasteiger partial charge in [0.15, 0.2) is 5.69 Å². The molecule has 26 heavy (non-hydrogen) atoms. The molecule has 0 radical (unpaired) electrons. The van der Waals surface area contributed by atoms with Crippen LogP contribution in [0.5, 0.6) is 5.75 Å². The monoisotopic (exact) mass is 353 g/mol. The Bertz CT molecular complexity index is 904. The van der Waals surface area contributed by atoms with E-state index in [2.05, 4.69) is 10.4 Å². The zero-order chi connectivity index (χ0) is 18.5. The lowest BCUT2D eigenvalue weighted by atomic mass is 10.1. The third-order valence-corrected chi connectivity index (χ3v) is 4.04. The van der Waals surface area contributed by atoms with Gasteiger partial charge in [-0.2, -0.15) is 5.10 Å². The molecule has 1 amide bonds. The Morgan fingerprint density at radius 2 is 1.96 bits per heavy atom. The van der Waals surface area contributed by atoms with E-state index in [-0.39, 0.29) is 18.3 Å². The Morgan fingerprint density at radius 1 is 1.19 bits per heavy atom. The Labute approximate surface area is 151 Å². The highest BCUT2D eigenvalue weighted by Crippen LogP contribution is 2.23. The van der Waals surface area contributed by atoms with E-state index in [1.54, 1.807) is 30.0 Å². The second-order valence-corrected chi connectivity index (χ2v) is 5.77. The van der Waals surface area contributed by atoms with Gasteiger partial charge in [-0.15, -0.1) is 0 Å². The number of amides is 1.